The van der Waals surface area contributed by atoms with Crippen LogP contribution >= 0.6 is 0 Å². The first-order chi connectivity index (χ1) is 13.0. The predicted octanol–water partition coefficient (Wildman–Crippen LogP) is 6.21. The zero-order valence-corrected chi connectivity index (χ0v) is 18.5. The van der Waals surface area contributed by atoms with Crippen LogP contribution in [0.5, 0.6) is 5.75 Å². The Labute approximate surface area is 167 Å². The Kier molecular flexibility index (Phi) is 11.3. The maximum absolute atomic E-state index is 12.8. The van der Waals surface area contributed by atoms with Crippen molar-refractivity contribution in [3.63, 3.8) is 0 Å². The number of unbranched alkanes of at least 4 members (excludes halogenated alkanes) is 5. The van der Waals surface area contributed by atoms with Crippen molar-refractivity contribution in [1.29, 1.82) is 0 Å². The average Bonchev–Trinajstić information content (AvgIpc) is 2.62. The Balaban J connectivity index is 2.72. The van der Waals surface area contributed by atoms with E-state index < -0.39 is 0 Å². The normalized spacial score (nSPS) is 11.6. The molecule has 154 valence electrons. The third-order valence-electron chi connectivity index (χ3n) is 5.47. The van der Waals surface area contributed by atoms with Crippen LogP contribution in [-0.2, 0) is 4.79 Å². The second-order valence-corrected chi connectivity index (χ2v) is 8.13. The molecule has 3 nitrogen and oxygen atoms in total. The van der Waals surface area contributed by atoms with Crippen LogP contribution in [0.4, 0.5) is 0 Å². The van der Waals surface area contributed by atoms with Gasteiger partial charge in [0.1, 0.15) is 5.75 Å². The van der Waals surface area contributed by atoms with E-state index in [9.17, 15) is 4.79 Å². The minimum absolute atomic E-state index is 0.0831. The Morgan fingerprint density at radius 1 is 0.815 bits per heavy atom. The predicted molar refractivity (Wildman–Crippen MR) is 115 cm³/mol. The maximum Gasteiger partial charge on any atom is 0.367 e. The van der Waals surface area contributed by atoms with Gasteiger partial charge in [-0.05, 0) is 50.7 Å². The van der Waals surface area contributed by atoms with Gasteiger partial charge in [0.25, 0.3) is 0 Å². The molecule has 0 saturated heterocycles. The summed E-state index contributed by atoms with van der Waals surface area (Å²) in [7, 11) is 0. The molecular formula is C24H42NO2+. The number of quaternary nitrogens is 1. The minimum Gasteiger partial charge on any atom is -0.422 e. The van der Waals surface area contributed by atoms with Crippen LogP contribution < -0.4 is 4.74 Å². The van der Waals surface area contributed by atoms with Gasteiger partial charge in [0.05, 0.1) is 19.6 Å². The summed E-state index contributed by atoms with van der Waals surface area (Å²) in [4.78, 5) is 12.8. The van der Waals surface area contributed by atoms with Gasteiger partial charge in [0, 0.05) is 0 Å². The molecule has 0 bridgehead atoms. The molecule has 0 radical (unpaired) electrons. The van der Waals surface area contributed by atoms with E-state index in [4.69, 9.17) is 4.74 Å². The SMILES string of the molecule is CCCCCCCC[N+](CCC)(CCC)CC(=O)Oc1c(C)cccc1C. The van der Waals surface area contributed by atoms with Crippen molar-refractivity contribution in [2.75, 3.05) is 26.2 Å². The molecule has 0 amide bonds. The number of nitrogens with zero attached hydrogens (tertiary/aromatic N) is 1. The quantitative estimate of drug-likeness (QED) is 0.167. The van der Waals surface area contributed by atoms with Crippen LogP contribution in [0, 0.1) is 13.8 Å². The second-order valence-electron chi connectivity index (χ2n) is 8.13. The highest BCUT2D eigenvalue weighted by atomic mass is 16.5. The third-order valence-corrected chi connectivity index (χ3v) is 5.47. The first-order valence-corrected chi connectivity index (χ1v) is 11.1. The Morgan fingerprint density at radius 2 is 1.37 bits per heavy atom. The van der Waals surface area contributed by atoms with Crippen LogP contribution in [0.25, 0.3) is 0 Å². The molecule has 0 atom stereocenters. The Hall–Kier alpha value is -1.35. The monoisotopic (exact) mass is 376 g/mol. The number of esters is 1. The first kappa shape index (κ1) is 23.7. The van der Waals surface area contributed by atoms with Crippen LogP contribution in [0.1, 0.15) is 83.3 Å². The molecule has 0 unspecified atom stereocenters. The van der Waals surface area contributed by atoms with Gasteiger partial charge < -0.3 is 9.22 Å². The van der Waals surface area contributed by atoms with E-state index >= 15 is 0 Å². The van der Waals surface area contributed by atoms with Gasteiger partial charge in [-0.15, -0.1) is 0 Å². The zero-order valence-electron chi connectivity index (χ0n) is 18.5. The summed E-state index contributed by atoms with van der Waals surface area (Å²) in [5, 5.41) is 0. The molecule has 3 heteroatoms. The van der Waals surface area contributed by atoms with E-state index in [1.165, 1.54) is 38.5 Å². The van der Waals surface area contributed by atoms with Crippen molar-refractivity contribution >= 4 is 5.97 Å². The molecule has 0 aliphatic rings. The topological polar surface area (TPSA) is 26.3 Å². The van der Waals surface area contributed by atoms with Crippen molar-refractivity contribution in [3.05, 3.63) is 29.3 Å². The fraction of sp³-hybridized carbons (Fsp3) is 0.708. The fourth-order valence-corrected chi connectivity index (χ4v) is 4.13. The summed E-state index contributed by atoms with van der Waals surface area (Å²) in [6, 6.07) is 6.02. The first-order valence-electron chi connectivity index (χ1n) is 11.1. The van der Waals surface area contributed by atoms with Gasteiger partial charge >= 0.3 is 5.97 Å². The smallest absolute Gasteiger partial charge is 0.367 e. The lowest BCUT2D eigenvalue weighted by molar-refractivity contribution is -0.921. The number of para-hydroxylation sites is 1. The van der Waals surface area contributed by atoms with Crippen LogP contribution in [0.15, 0.2) is 18.2 Å². The van der Waals surface area contributed by atoms with Crippen LogP contribution in [0.2, 0.25) is 0 Å². The second kappa shape index (κ2) is 12.9. The number of benzene rings is 1. The lowest BCUT2D eigenvalue weighted by Crippen LogP contribution is -2.53. The van der Waals surface area contributed by atoms with Gasteiger partial charge in [-0.2, -0.15) is 0 Å². The van der Waals surface area contributed by atoms with Crippen molar-refractivity contribution in [2.24, 2.45) is 0 Å². The molecule has 0 aliphatic carbocycles. The lowest BCUT2D eigenvalue weighted by atomic mass is 10.1. The number of carbonyl (C=O) groups excluding carboxylic acids is 1. The zero-order chi connectivity index (χ0) is 20.1. The number of hydrogen-bond donors (Lipinski definition) is 0. The van der Waals surface area contributed by atoms with E-state index in [-0.39, 0.29) is 5.97 Å². The fourth-order valence-electron chi connectivity index (χ4n) is 4.13. The maximum atomic E-state index is 12.8. The molecule has 0 aromatic heterocycles. The number of aryl methyl sites for hydroxylation is 2. The molecule has 27 heavy (non-hydrogen) atoms. The molecule has 1 rings (SSSR count). The summed E-state index contributed by atoms with van der Waals surface area (Å²) >= 11 is 0. The van der Waals surface area contributed by atoms with E-state index in [1.54, 1.807) is 0 Å². The van der Waals surface area contributed by atoms with E-state index in [0.29, 0.717) is 6.54 Å². The highest BCUT2D eigenvalue weighted by molar-refractivity contribution is 5.74. The van der Waals surface area contributed by atoms with Gasteiger partial charge in [0.15, 0.2) is 6.54 Å². The molecule has 0 spiro atoms. The highest BCUT2D eigenvalue weighted by Gasteiger charge is 2.30. The van der Waals surface area contributed by atoms with Crippen LogP contribution in [-0.4, -0.2) is 36.6 Å². The molecule has 0 N–H and O–H groups in total. The molecule has 0 heterocycles. The average molecular weight is 377 g/mol. The third kappa shape index (κ3) is 8.47. The van der Waals surface area contributed by atoms with E-state index in [0.717, 1.165) is 53.8 Å². The summed E-state index contributed by atoms with van der Waals surface area (Å²) in [5.41, 5.74) is 2.06. The van der Waals surface area contributed by atoms with Crippen molar-refractivity contribution in [1.82, 2.24) is 0 Å². The minimum atomic E-state index is -0.0831. The molecule has 0 aliphatic heterocycles. The standard InChI is InChI=1S/C24H42NO2/c1-6-9-10-11-12-13-19-25(17-7-2,18-8-3)20-23(26)27-24-21(4)15-14-16-22(24)5/h14-16H,6-13,17-20H2,1-5H3/q+1. The van der Waals surface area contributed by atoms with Gasteiger partial charge in [-0.25, -0.2) is 4.79 Å². The molecule has 0 fully saturated rings. The highest BCUT2D eigenvalue weighted by Crippen LogP contribution is 2.23. The van der Waals surface area contributed by atoms with Crippen molar-refractivity contribution < 1.29 is 14.0 Å². The molecule has 1 aromatic rings. The van der Waals surface area contributed by atoms with Gasteiger partial charge in [0.2, 0.25) is 0 Å². The molecular weight excluding hydrogens is 334 g/mol. The number of carbonyl (C=O) groups is 1. The number of hydrogen-bond acceptors (Lipinski definition) is 2. The Bertz CT molecular complexity index is 527. The summed E-state index contributed by atoms with van der Waals surface area (Å²) in [6.45, 7) is 14.4. The van der Waals surface area contributed by atoms with E-state index in [2.05, 4.69) is 20.8 Å². The molecule has 1 aromatic carbocycles. The number of ether oxygens (including phenoxy) is 1. The molecule has 0 saturated carbocycles. The van der Waals surface area contributed by atoms with Crippen molar-refractivity contribution in [2.45, 2.75) is 86.0 Å². The Morgan fingerprint density at radius 3 is 1.93 bits per heavy atom. The van der Waals surface area contributed by atoms with Crippen molar-refractivity contribution in [3.8, 4) is 5.75 Å². The lowest BCUT2D eigenvalue weighted by Gasteiger charge is -2.37. The van der Waals surface area contributed by atoms with Crippen LogP contribution in [0.3, 0.4) is 0 Å². The summed E-state index contributed by atoms with van der Waals surface area (Å²) in [6.07, 6.45) is 9.98. The largest absolute Gasteiger partial charge is 0.422 e. The van der Waals surface area contributed by atoms with E-state index in [1.807, 2.05) is 32.0 Å². The van der Waals surface area contributed by atoms with Gasteiger partial charge in [-0.1, -0.05) is 64.7 Å². The van der Waals surface area contributed by atoms with Gasteiger partial charge in [-0.3, -0.25) is 0 Å². The summed E-state index contributed by atoms with van der Waals surface area (Å²) in [5.74, 6) is 0.661. The number of rotatable bonds is 14. The summed E-state index contributed by atoms with van der Waals surface area (Å²) < 4.78 is 6.71.